The van der Waals surface area contributed by atoms with Crippen molar-refractivity contribution in [2.45, 2.75) is 58.4 Å². The molecule has 1 heterocycles. The number of alkyl halides is 1. The predicted molar refractivity (Wildman–Crippen MR) is 89.9 cm³/mol. The summed E-state index contributed by atoms with van der Waals surface area (Å²) >= 11 is 6.38. The lowest BCUT2D eigenvalue weighted by atomic mass is 9.82. The number of rotatable bonds is 3. The summed E-state index contributed by atoms with van der Waals surface area (Å²) in [5.41, 5.74) is 3.58. The average molecular weight is 305 g/mol. The van der Waals surface area contributed by atoms with Gasteiger partial charge in [-0.3, -0.25) is 0 Å². The standard InChI is InChI=1S/C18H25ClN2/c1-12-5-4-6-15(9-12)11-21-17-8-7-13(2)10-16(17)20-18(21)14(3)19/h7-8,10,12,14-15H,4-6,9,11H2,1-3H3. The minimum Gasteiger partial charge on any atom is -0.326 e. The second kappa shape index (κ2) is 6.00. The summed E-state index contributed by atoms with van der Waals surface area (Å²) in [7, 11) is 0. The Balaban J connectivity index is 1.97. The predicted octanol–water partition coefficient (Wildman–Crippen LogP) is 5.47. The first-order valence-corrected chi connectivity index (χ1v) is 8.59. The Morgan fingerprint density at radius 2 is 2.19 bits per heavy atom. The van der Waals surface area contributed by atoms with E-state index in [1.807, 2.05) is 6.92 Å². The molecule has 114 valence electrons. The third-order valence-electron chi connectivity index (χ3n) is 4.77. The summed E-state index contributed by atoms with van der Waals surface area (Å²) in [6, 6.07) is 6.54. The highest BCUT2D eigenvalue weighted by atomic mass is 35.5. The van der Waals surface area contributed by atoms with E-state index in [-0.39, 0.29) is 5.38 Å². The summed E-state index contributed by atoms with van der Waals surface area (Å²) in [6.45, 7) is 7.59. The summed E-state index contributed by atoms with van der Waals surface area (Å²) in [5, 5.41) is -0.0429. The monoisotopic (exact) mass is 304 g/mol. The SMILES string of the molecule is Cc1ccc2c(c1)nc(C(C)Cl)n2CC1CCCC(C)C1. The number of nitrogens with zero attached hydrogens (tertiary/aromatic N) is 2. The van der Waals surface area contributed by atoms with Crippen LogP contribution in [0, 0.1) is 18.8 Å². The minimum absolute atomic E-state index is 0.0429. The molecule has 1 aromatic carbocycles. The maximum absolute atomic E-state index is 6.38. The van der Waals surface area contributed by atoms with Gasteiger partial charge in [-0.2, -0.15) is 0 Å². The van der Waals surface area contributed by atoms with E-state index in [1.54, 1.807) is 0 Å². The van der Waals surface area contributed by atoms with E-state index in [9.17, 15) is 0 Å². The quantitative estimate of drug-likeness (QED) is 0.687. The maximum atomic E-state index is 6.38. The van der Waals surface area contributed by atoms with Gasteiger partial charge in [-0.15, -0.1) is 11.6 Å². The molecule has 0 spiro atoms. The lowest BCUT2D eigenvalue weighted by molar-refractivity contribution is 0.257. The van der Waals surface area contributed by atoms with Crippen LogP contribution in [0.2, 0.25) is 0 Å². The minimum atomic E-state index is -0.0429. The van der Waals surface area contributed by atoms with Crippen molar-refractivity contribution in [3.05, 3.63) is 29.6 Å². The summed E-state index contributed by atoms with van der Waals surface area (Å²) < 4.78 is 2.37. The second-order valence-corrected chi connectivity index (χ2v) is 7.48. The molecule has 0 saturated heterocycles. The molecule has 3 unspecified atom stereocenters. The molecule has 21 heavy (non-hydrogen) atoms. The molecule has 0 bridgehead atoms. The van der Waals surface area contributed by atoms with Crippen molar-refractivity contribution in [2.75, 3.05) is 0 Å². The normalized spacial score (nSPS) is 24.4. The van der Waals surface area contributed by atoms with Crippen LogP contribution in [-0.2, 0) is 6.54 Å². The number of benzene rings is 1. The van der Waals surface area contributed by atoms with Crippen molar-refractivity contribution in [3.63, 3.8) is 0 Å². The molecule has 1 saturated carbocycles. The third-order valence-corrected chi connectivity index (χ3v) is 4.97. The molecule has 1 aromatic heterocycles. The number of hydrogen-bond donors (Lipinski definition) is 0. The molecular weight excluding hydrogens is 280 g/mol. The number of halogens is 1. The zero-order chi connectivity index (χ0) is 15.0. The Labute approximate surface area is 132 Å². The van der Waals surface area contributed by atoms with Crippen molar-refractivity contribution in [1.82, 2.24) is 9.55 Å². The van der Waals surface area contributed by atoms with Crippen LogP contribution in [0.25, 0.3) is 11.0 Å². The van der Waals surface area contributed by atoms with Crippen LogP contribution in [0.15, 0.2) is 18.2 Å². The topological polar surface area (TPSA) is 17.8 Å². The van der Waals surface area contributed by atoms with E-state index >= 15 is 0 Å². The van der Waals surface area contributed by atoms with Gasteiger partial charge in [0.15, 0.2) is 0 Å². The molecular formula is C18H25ClN2. The Bertz CT molecular complexity index is 629. The molecule has 2 aromatic rings. The van der Waals surface area contributed by atoms with Gasteiger partial charge in [0.25, 0.3) is 0 Å². The van der Waals surface area contributed by atoms with Crippen LogP contribution in [0.1, 0.15) is 56.3 Å². The maximum Gasteiger partial charge on any atom is 0.127 e. The van der Waals surface area contributed by atoms with Crippen LogP contribution in [-0.4, -0.2) is 9.55 Å². The molecule has 1 aliphatic rings. The molecule has 1 fully saturated rings. The lowest BCUT2D eigenvalue weighted by Gasteiger charge is -2.28. The first-order valence-electron chi connectivity index (χ1n) is 8.15. The fourth-order valence-corrected chi connectivity index (χ4v) is 3.90. The molecule has 0 N–H and O–H groups in total. The van der Waals surface area contributed by atoms with Crippen molar-refractivity contribution in [2.24, 2.45) is 11.8 Å². The first-order chi connectivity index (χ1) is 10.0. The Morgan fingerprint density at radius 1 is 1.38 bits per heavy atom. The van der Waals surface area contributed by atoms with E-state index < -0.39 is 0 Å². The van der Waals surface area contributed by atoms with Gasteiger partial charge >= 0.3 is 0 Å². The number of hydrogen-bond acceptors (Lipinski definition) is 1. The number of aromatic nitrogens is 2. The van der Waals surface area contributed by atoms with Gasteiger partial charge in [-0.1, -0.05) is 25.8 Å². The fourth-order valence-electron chi connectivity index (χ4n) is 3.74. The fraction of sp³-hybridized carbons (Fsp3) is 0.611. The van der Waals surface area contributed by atoms with Gasteiger partial charge in [0, 0.05) is 6.54 Å². The first kappa shape index (κ1) is 14.9. The largest absolute Gasteiger partial charge is 0.326 e. The number of fused-ring (bicyclic) bond motifs is 1. The summed E-state index contributed by atoms with van der Waals surface area (Å²) in [4.78, 5) is 4.79. The van der Waals surface area contributed by atoms with E-state index in [2.05, 4.69) is 36.6 Å². The van der Waals surface area contributed by atoms with Gasteiger partial charge in [-0.25, -0.2) is 4.98 Å². The van der Waals surface area contributed by atoms with Gasteiger partial charge in [0.2, 0.25) is 0 Å². The van der Waals surface area contributed by atoms with Gasteiger partial charge in [0.05, 0.1) is 16.4 Å². The highest BCUT2D eigenvalue weighted by molar-refractivity contribution is 6.20. The van der Waals surface area contributed by atoms with Crippen LogP contribution < -0.4 is 0 Å². The lowest BCUT2D eigenvalue weighted by Crippen LogP contribution is -2.19. The third kappa shape index (κ3) is 3.11. The molecule has 3 rings (SSSR count). The summed E-state index contributed by atoms with van der Waals surface area (Å²) in [5.74, 6) is 2.65. The number of aryl methyl sites for hydroxylation is 1. The second-order valence-electron chi connectivity index (χ2n) is 6.83. The zero-order valence-corrected chi connectivity index (χ0v) is 14.0. The van der Waals surface area contributed by atoms with Gasteiger partial charge in [0.1, 0.15) is 5.82 Å². The average Bonchev–Trinajstić information content (AvgIpc) is 2.77. The van der Waals surface area contributed by atoms with Gasteiger partial charge in [-0.05, 0) is 56.2 Å². The van der Waals surface area contributed by atoms with E-state index in [4.69, 9.17) is 16.6 Å². The zero-order valence-electron chi connectivity index (χ0n) is 13.3. The van der Waals surface area contributed by atoms with Crippen molar-refractivity contribution < 1.29 is 0 Å². The van der Waals surface area contributed by atoms with Crippen molar-refractivity contribution in [3.8, 4) is 0 Å². The highest BCUT2D eigenvalue weighted by Crippen LogP contribution is 2.32. The molecule has 0 radical (unpaired) electrons. The van der Waals surface area contributed by atoms with E-state index in [0.717, 1.165) is 29.7 Å². The van der Waals surface area contributed by atoms with Crippen LogP contribution in [0.3, 0.4) is 0 Å². The molecule has 0 aliphatic heterocycles. The molecule has 3 atom stereocenters. The highest BCUT2D eigenvalue weighted by Gasteiger charge is 2.22. The van der Waals surface area contributed by atoms with Crippen molar-refractivity contribution >= 4 is 22.6 Å². The Kier molecular flexibility index (Phi) is 4.26. The van der Waals surface area contributed by atoms with E-state index in [0.29, 0.717) is 0 Å². The molecule has 1 aliphatic carbocycles. The van der Waals surface area contributed by atoms with Gasteiger partial charge < -0.3 is 4.57 Å². The van der Waals surface area contributed by atoms with Crippen molar-refractivity contribution in [1.29, 1.82) is 0 Å². The Morgan fingerprint density at radius 3 is 2.90 bits per heavy atom. The Hall–Kier alpha value is -1.02. The van der Waals surface area contributed by atoms with Crippen LogP contribution in [0.5, 0.6) is 0 Å². The van der Waals surface area contributed by atoms with E-state index in [1.165, 1.54) is 36.8 Å². The summed E-state index contributed by atoms with van der Waals surface area (Å²) in [6.07, 6.45) is 5.43. The van der Waals surface area contributed by atoms with Crippen LogP contribution in [0.4, 0.5) is 0 Å². The molecule has 2 nitrogen and oxygen atoms in total. The van der Waals surface area contributed by atoms with Crippen LogP contribution >= 0.6 is 11.6 Å². The molecule has 3 heteroatoms. The smallest absolute Gasteiger partial charge is 0.127 e. The molecule has 0 amide bonds. The number of imidazole rings is 1.